The van der Waals surface area contributed by atoms with E-state index in [4.69, 9.17) is 33.5 Å². The van der Waals surface area contributed by atoms with E-state index < -0.39 is 0 Å². The Morgan fingerprint density at radius 3 is 2.39 bits per heavy atom. The normalized spacial score (nSPS) is 12.3. The Morgan fingerprint density at radius 1 is 0.903 bits per heavy atom. The minimum absolute atomic E-state index is 0.0607. The second kappa shape index (κ2) is 12.2. The number of aryl methyl sites for hydroxylation is 2. The highest BCUT2D eigenvalue weighted by atomic mass is 35.5. The summed E-state index contributed by atoms with van der Waals surface area (Å²) in [6.45, 7) is 2.23. The highest BCUT2D eigenvalue weighted by Crippen LogP contribution is 2.26. The fourth-order valence-electron chi connectivity index (χ4n) is 3.59. The van der Waals surface area contributed by atoms with E-state index in [0.717, 1.165) is 48.2 Å². The van der Waals surface area contributed by atoms with Crippen LogP contribution < -0.4 is 5.73 Å². The molecule has 2 aromatic carbocycles. The van der Waals surface area contributed by atoms with Gasteiger partial charge in [-0.05, 0) is 54.7 Å². The molecule has 0 amide bonds. The van der Waals surface area contributed by atoms with E-state index in [2.05, 4.69) is 17.1 Å². The lowest BCUT2D eigenvalue weighted by molar-refractivity contribution is 0.421. The van der Waals surface area contributed by atoms with Crippen molar-refractivity contribution in [2.24, 2.45) is 5.73 Å². The van der Waals surface area contributed by atoms with Gasteiger partial charge in [-0.25, -0.2) is 0 Å². The van der Waals surface area contributed by atoms with Gasteiger partial charge in [0.1, 0.15) is 0 Å². The van der Waals surface area contributed by atoms with Crippen molar-refractivity contribution in [3.8, 4) is 11.5 Å². The van der Waals surface area contributed by atoms with Gasteiger partial charge >= 0.3 is 0 Å². The summed E-state index contributed by atoms with van der Waals surface area (Å²) in [6, 6.07) is 13.7. The molecule has 1 unspecified atom stereocenters. The Morgan fingerprint density at radius 2 is 1.65 bits per heavy atom. The molecule has 3 rings (SSSR count). The van der Waals surface area contributed by atoms with Crippen molar-refractivity contribution in [2.45, 2.75) is 70.8 Å². The van der Waals surface area contributed by atoms with Gasteiger partial charge in [-0.15, -0.1) is 0 Å². The van der Waals surface area contributed by atoms with Gasteiger partial charge in [0.25, 0.3) is 5.89 Å². The van der Waals surface area contributed by atoms with Crippen molar-refractivity contribution < 1.29 is 4.52 Å². The average molecular weight is 460 g/mol. The van der Waals surface area contributed by atoms with Crippen LogP contribution in [0.25, 0.3) is 11.5 Å². The van der Waals surface area contributed by atoms with Crippen LogP contribution >= 0.6 is 23.2 Å². The standard InChI is InChI=1S/C25H31Cl2N3O/c1-2-3-4-5-6-7-8-24-29-25(31-30-24)20-13-11-19(12-14-20)23(28)16-10-18-9-15-21(26)22(27)17-18/h9,11-15,17,23H,2-8,10,16,28H2,1H3. The number of unbranched alkanes of at least 4 members (excludes halogenated alkanes) is 5. The molecule has 2 N–H and O–H groups in total. The van der Waals surface area contributed by atoms with Crippen LogP contribution in [0.2, 0.25) is 10.0 Å². The van der Waals surface area contributed by atoms with Crippen LogP contribution in [-0.4, -0.2) is 10.1 Å². The largest absolute Gasteiger partial charge is 0.334 e. The first-order valence-electron chi connectivity index (χ1n) is 11.2. The number of aromatic nitrogens is 2. The summed E-state index contributed by atoms with van der Waals surface area (Å²) >= 11 is 12.1. The van der Waals surface area contributed by atoms with E-state index >= 15 is 0 Å². The zero-order valence-electron chi connectivity index (χ0n) is 18.1. The summed E-state index contributed by atoms with van der Waals surface area (Å²) < 4.78 is 5.46. The predicted octanol–water partition coefficient (Wildman–Crippen LogP) is 7.58. The molecule has 0 saturated carbocycles. The number of halogens is 2. The molecule has 3 aromatic rings. The summed E-state index contributed by atoms with van der Waals surface area (Å²) in [5, 5.41) is 5.28. The molecule has 0 spiro atoms. The molecule has 166 valence electrons. The topological polar surface area (TPSA) is 64.9 Å². The zero-order valence-corrected chi connectivity index (χ0v) is 19.6. The third-order valence-corrected chi connectivity index (χ3v) is 6.27. The van der Waals surface area contributed by atoms with Crippen LogP contribution in [-0.2, 0) is 12.8 Å². The molecule has 0 aliphatic carbocycles. The van der Waals surface area contributed by atoms with E-state index in [1.165, 1.54) is 32.1 Å². The predicted molar refractivity (Wildman–Crippen MR) is 129 cm³/mol. The number of benzene rings is 2. The lowest BCUT2D eigenvalue weighted by atomic mass is 9.99. The fourth-order valence-corrected chi connectivity index (χ4v) is 3.91. The molecule has 1 heterocycles. The first-order chi connectivity index (χ1) is 15.1. The molecular weight excluding hydrogens is 429 g/mol. The molecule has 0 bridgehead atoms. The molecule has 6 heteroatoms. The second-order valence-corrected chi connectivity index (χ2v) is 8.86. The van der Waals surface area contributed by atoms with Crippen LogP contribution in [0.15, 0.2) is 47.0 Å². The molecular formula is C25H31Cl2N3O. The molecule has 0 aliphatic heterocycles. The molecule has 0 radical (unpaired) electrons. The summed E-state index contributed by atoms with van der Waals surface area (Å²) in [5.41, 5.74) is 9.52. The molecule has 1 atom stereocenters. The lowest BCUT2D eigenvalue weighted by Crippen LogP contribution is -2.11. The summed E-state index contributed by atoms with van der Waals surface area (Å²) in [4.78, 5) is 4.55. The van der Waals surface area contributed by atoms with E-state index in [9.17, 15) is 0 Å². The highest BCUT2D eigenvalue weighted by Gasteiger charge is 2.11. The smallest absolute Gasteiger partial charge is 0.257 e. The third kappa shape index (κ3) is 7.34. The maximum Gasteiger partial charge on any atom is 0.257 e. The third-order valence-electron chi connectivity index (χ3n) is 5.54. The minimum Gasteiger partial charge on any atom is -0.334 e. The number of hydrogen-bond donors (Lipinski definition) is 1. The Kier molecular flexibility index (Phi) is 9.38. The van der Waals surface area contributed by atoms with Gasteiger partial charge in [0.15, 0.2) is 5.82 Å². The summed E-state index contributed by atoms with van der Waals surface area (Å²) in [6.07, 6.45) is 10.0. The molecule has 4 nitrogen and oxygen atoms in total. The molecule has 31 heavy (non-hydrogen) atoms. The number of rotatable bonds is 12. The number of nitrogens with zero attached hydrogens (tertiary/aromatic N) is 2. The first kappa shape index (κ1) is 23.8. The Bertz CT molecular complexity index is 940. The number of nitrogens with two attached hydrogens (primary N) is 1. The average Bonchev–Trinajstić information content (AvgIpc) is 3.26. The van der Waals surface area contributed by atoms with Crippen LogP contribution in [0, 0.1) is 0 Å². The van der Waals surface area contributed by atoms with Crippen LogP contribution in [0.3, 0.4) is 0 Å². The van der Waals surface area contributed by atoms with Gasteiger partial charge in [-0.3, -0.25) is 0 Å². The Balaban J connectivity index is 1.49. The number of hydrogen-bond acceptors (Lipinski definition) is 4. The Hall–Kier alpha value is -1.88. The SMILES string of the molecule is CCCCCCCCc1noc(-c2ccc(C(N)CCc3ccc(Cl)c(Cl)c3)cc2)n1. The monoisotopic (exact) mass is 459 g/mol. The van der Waals surface area contributed by atoms with Gasteiger partial charge in [-0.2, -0.15) is 4.98 Å². The van der Waals surface area contributed by atoms with Gasteiger partial charge in [0.05, 0.1) is 10.0 Å². The molecule has 0 saturated heterocycles. The van der Waals surface area contributed by atoms with E-state index in [0.29, 0.717) is 15.9 Å². The lowest BCUT2D eigenvalue weighted by Gasteiger charge is -2.12. The van der Waals surface area contributed by atoms with Gasteiger partial charge in [-0.1, -0.05) is 85.6 Å². The fraction of sp³-hybridized carbons (Fsp3) is 0.440. The maximum absolute atomic E-state index is 6.39. The highest BCUT2D eigenvalue weighted by molar-refractivity contribution is 6.42. The van der Waals surface area contributed by atoms with Crippen LogP contribution in [0.1, 0.15) is 74.9 Å². The van der Waals surface area contributed by atoms with Gasteiger partial charge in [0, 0.05) is 18.0 Å². The first-order valence-corrected chi connectivity index (χ1v) is 11.9. The van der Waals surface area contributed by atoms with E-state index in [1.54, 1.807) is 0 Å². The van der Waals surface area contributed by atoms with Crippen molar-refractivity contribution in [1.82, 2.24) is 10.1 Å². The van der Waals surface area contributed by atoms with Crippen LogP contribution in [0.5, 0.6) is 0 Å². The van der Waals surface area contributed by atoms with E-state index in [-0.39, 0.29) is 6.04 Å². The van der Waals surface area contributed by atoms with Gasteiger partial charge < -0.3 is 10.3 Å². The quantitative estimate of drug-likeness (QED) is 0.283. The Labute approximate surface area is 195 Å². The van der Waals surface area contributed by atoms with E-state index in [1.807, 2.05) is 42.5 Å². The van der Waals surface area contributed by atoms with Gasteiger partial charge in [0.2, 0.25) is 0 Å². The molecule has 0 fully saturated rings. The van der Waals surface area contributed by atoms with Crippen LogP contribution in [0.4, 0.5) is 0 Å². The summed E-state index contributed by atoms with van der Waals surface area (Å²) in [7, 11) is 0. The van der Waals surface area contributed by atoms with Crippen molar-refractivity contribution in [3.05, 3.63) is 69.5 Å². The van der Waals surface area contributed by atoms with Crippen molar-refractivity contribution >= 4 is 23.2 Å². The van der Waals surface area contributed by atoms with Crippen molar-refractivity contribution in [3.63, 3.8) is 0 Å². The molecule has 1 aromatic heterocycles. The summed E-state index contributed by atoms with van der Waals surface area (Å²) in [5.74, 6) is 1.35. The zero-order chi connectivity index (χ0) is 22.1. The maximum atomic E-state index is 6.39. The minimum atomic E-state index is -0.0607. The van der Waals surface area contributed by atoms with Crippen molar-refractivity contribution in [1.29, 1.82) is 0 Å². The van der Waals surface area contributed by atoms with Crippen molar-refractivity contribution in [2.75, 3.05) is 0 Å². The second-order valence-electron chi connectivity index (χ2n) is 8.05. The molecule has 0 aliphatic rings.